The van der Waals surface area contributed by atoms with Crippen LogP contribution in [0.3, 0.4) is 0 Å². The van der Waals surface area contributed by atoms with Gasteiger partial charge in [0.15, 0.2) is 0 Å². The molecule has 0 unspecified atom stereocenters. The van der Waals surface area contributed by atoms with Gasteiger partial charge in [0.25, 0.3) is 5.91 Å². The molecule has 1 heterocycles. The van der Waals surface area contributed by atoms with E-state index in [9.17, 15) is 9.59 Å². The SMILES string of the molecule is CC1=CC(=O)C(=NC(=O)c2cc(Cl)sc2Cl)C=C1. The molecular formula is C12H7Cl2NO2S. The summed E-state index contributed by atoms with van der Waals surface area (Å²) in [6.45, 7) is 1.79. The third kappa shape index (κ3) is 2.77. The van der Waals surface area contributed by atoms with Crippen LogP contribution in [0, 0.1) is 0 Å². The van der Waals surface area contributed by atoms with Gasteiger partial charge in [-0.25, -0.2) is 4.99 Å². The Bertz CT molecular complexity index is 626. The van der Waals surface area contributed by atoms with Crippen molar-refractivity contribution in [1.29, 1.82) is 0 Å². The number of aliphatic imine (C=N–C) groups is 1. The smallest absolute Gasteiger partial charge is 0.280 e. The molecule has 1 aromatic rings. The first-order valence-electron chi connectivity index (χ1n) is 4.96. The van der Waals surface area contributed by atoms with Crippen LogP contribution in [0.15, 0.2) is 34.9 Å². The van der Waals surface area contributed by atoms with Crippen molar-refractivity contribution in [3.05, 3.63) is 44.1 Å². The molecule has 0 saturated carbocycles. The number of amides is 1. The van der Waals surface area contributed by atoms with Crippen molar-refractivity contribution in [2.45, 2.75) is 6.92 Å². The fourth-order valence-corrected chi connectivity index (χ4v) is 2.82. The van der Waals surface area contributed by atoms with Crippen molar-refractivity contribution in [3.8, 4) is 0 Å². The molecule has 0 spiro atoms. The minimum absolute atomic E-state index is 0.101. The Hall–Kier alpha value is -1.23. The van der Waals surface area contributed by atoms with Gasteiger partial charge in [-0.1, -0.05) is 29.3 Å². The van der Waals surface area contributed by atoms with Crippen LogP contribution in [0.4, 0.5) is 0 Å². The molecule has 18 heavy (non-hydrogen) atoms. The van der Waals surface area contributed by atoms with Crippen molar-refractivity contribution in [1.82, 2.24) is 0 Å². The van der Waals surface area contributed by atoms with Crippen molar-refractivity contribution in [2.24, 2.45) is 4.99 Å². The summed E-state index contributed by atoms with van der Waals surface area (Å²) in [6.07, 6.45) is 4.65. The number of nitrogens with zero attached hydrogens (tertiary/aromatic N) is 1. The molecule has 0 atom stereocenters. The van der Waals surface area contributed by atoms with Gasteiger partial charge in [0.05, 0.1) is 9.90 Å². The highest BCUT2D eigenvalue weighted by Crippen LogP contribution is 2.31. The maximum absolute atomic E-state index is 11.8. The van der Waals surface area contributed by atoms with Gasteiger partial charge in [0.1, 0.15) is 10.0 Å². The van der Waals surface area contributed by atoms with Crippen LogP contribution in [0.1, 0.15) is 17.3 Å². The lowest BCUT2D eigenvalue weighted by Gasteiger charge is -2.02. The van der Waals surface area contributed by atoms with E-state index in [1.807, 2.05) is 0 Å². The highest BCUT2D eigenvalue weighted by Gasteiger charge is 2.17. The Morgan fingerprint density at radius 1 is 1.33 bits per heavy atom. The minimum atomic E-state index is -0.566. The lowest BCUT2D eigenvalue weighted by atomic mass is 10.1. The molecular weight excluding hydrogens is 293 g/mol. The third-order valence-electron chi connectivity index (χ3n) is 2.22. The van der Waals surface area contributed by atoms with Crippen molar-refractivity contribution in [2.75, 3.05) is 0 Å². The average Bonchev–Trinajstić information content (AvgIpc) is 2.62. The summed E-state index contributed by atoms with van der Waals surface area (Å²) in [5.41, 5.74) is 1.14. The van der Waals surface area contributed by atoms with Gasteiger partial charge < -0.3 is 0 Å². The number of halogens is 2. The lowest BCUT2D eigenvalue weighted by molar-refractivity contribution is -0.108. The molecule has 2 rings (SSSR count). The number of carbonyl (C=O) groups excluding carboxylic acids is 2. The van der Waals surface area contributed by atoms with Gasteiger partial charge in [-0.2, -0.15) is 0 Å². The van der Waals surface area contributed by atoms with Crippen LogP contribution in [0.25, 0.3) is 0 Å². The van der Waals surface area contributed by atoms with E-state index >= 15 is 0 Å². The molecule has 3 nitrogen and oxygen atoms in total. The van der Waals surface area contributed by atoms with E-state index in [0.717, 1.165) is 16.9 Å². The number of ketones is 1. The molecule has 0 fully saturated rings. The summed E-state index contributed by atoms with van der Waals surface area (Å²) in [5, 5.41) is 0. The van der Waals surface area contributed by atoms with E-state index in [1.54, 1.807) is 13.0 Å². The Morgan fingerprint density at radius 2 is 2.06 bits per heavy atom. The molecule has 92 valence electrons. The Balaban J connectivity index is 2.30. The van der Waals surface area contributed by atoms with Crippen LogP contribution in [0.2, 0.25) is 8.67 Å². The van der Waals surface area contributed by atoms with Gasteiger partial charge in [0.2, 0.25) is 5.78 Å². The van der Waals surface area contributed by atoms with E-state index in [0.29, 0.717) is 4.34 Å². The molecule has 0 saturated heterocycles. The van der Waals surface area contributed by atoms with E-state index < -0.39 is 5.91 Å². The summed E-state index contributed by atoms with van der Waals surface area (Å²) in [4.78, 5) is 27.2. The zero-order valence-electron chi connectivity index (χ0n) is 9.24. The number of thiophene rings is 1. The van der Waals surface area contributed by atoms with Crippen LogP contribution in [0.5, 0.6) is 0 Å². The molecule has 1 amide bonds. The first kappa shape index (κ1) is 13.2. The maximum Gasteiger partial charge on any atom is 0.280 e. The number of hydrogen-bond donors (Lipinski definition) is 0. The monoisotopic (exact) mass is 299 g/mol. The standard InChI is InChI=1S/C12H7Cl2NO2S/c1-6-2-3-8(9(16)4-6)15-12(17)7-5-10(13)18-11(7)14/h2-5H,1H3. The average molecular weight is 300 g/mol. The summed E-state index contributed by atoms with van der Waals surface area (Å²) >= 11 is 12.7. The van der Waals surface area contributed by atoms with Gasteiger partial charge in [-0.05, 0) is 30.7 Å². The second-order valence-electron chi connectivity index (χ2n) is 3.63. The Morgan fingerprint density at radius 3 is 2.61 bits per heavy atom. The first-order valence-corrected chi connectivity index (χ1v) is 6.53. The van der Waals surface area contributed by atoms with Crippen molar-refractivity contribution in [3.63, 3.8) is 0 Å². The Kier molecular flexibility index (Phi) is 3.80. The minimum Gasteiger partial charge on any atom is -0.288 e. The molecule has 0 bridgehead atoms. The van der Waals surface area contributed by atoms with E-state index in [-0.39, 0.29) is 21.4 Å². The lowest BCUT2D eigenvalue weighted by Crippen LogP contribution is -2.14. The van der Waals surface area contributed by atoms with Gasteiger partial charge >= 0.3 is 0 Å². The quantitative estimate of drug-likeness (QED) is 0.742. The molecule has 6 heteroatoms. The van der Waals surface area contributed by atoms with Crippen molar-refractivity contribution < 1.29 is 9.59 Å². The van der Waals surface area contributed by atoms with Gasteiger partial charge in [-0.3, -0.25) is 9.59 Å². The van der Waals surface area contributed by atoms with E-state index in [4.69, 9.17) is 23.2 Å². The topological polar surface area (TPSA) is 46.5 Å². The number of rotatable bonds is 1. The normalized spacial score (nSPS) is 17.2. The second-order valence-corrected chi connectivity index (χ2v) is 5.91. The van der Waals surface area contributed by atoms with Crippen molar-refractivity contribution >= 4 is 51.9 Å². The molecule has 1 aromatic heterocycles. The molecule has 1 aliphatic rings. The van der Waals surface area contributed by atoms with Crippen LogP contribution in [-0.4, -0.2) is 17.4 Å². The summed E-state index contributed by atoms with van der Waals surface area (Å²) < 4.78 is 0.679. The number of hydrogen-bond acceptors (Lipinski definition) is 3. The summed E-state index contributed by atoms with van der Waals surface area (Å²) in [7, 11) is 0. The van der Waals surface area contributed by atoms with E-state index in [2.05, 4.69) is 4.99 Å². The largest absolute Gasteiger partial charge is 0.288 e. The first-order chi connectivity index (χ1) is 8.47. The number of allylic oxidation sites excluding steroid dienone is 4. The molecule has 0 N–H and O–H groups in total. The molecule has 1 aliphatic carbocycles. The van der Waals surface area contributed by atoms with Crippen LogP contribution < -0.4 is 0 Å². The van der Waals surface area contributed by atoms with Gasteiger partial charge in [-0.15, -0.1) is 11.3 Å². The fraction of sp³-hybridized carbons (Fsp3) is 0.0833. The predicted octanol–water partition coefficient (Wildman–Crippen LogP) is 3.72. The number of carbonyl (C=O) groups is 2. The highest BCUT2D eigenvalue weighted by atomic mass is 35.5. The molecule has 0 aromatic carbocycles. The second kappa shape index (κ2) is 5.18. The van der Waals surface area contributed by atoms with Gasteiger partial charge in [0, 0.05) is 0 Å². The maximum atomic E-state index is 11.8. The molecule has 0 aliphatic heterocycles. The zero-order valence-corrected chi connectivity index (χ0v) is 11.6. The van der Waals surface area contributed by atoms with E-state index in [1.165, 1.54) is 18.2 Å². The predicted molar refractivity (Wildman–Crippen MR) is 74.0 cm³/mol. The van der Waals surface area contributed by atoms with Crippen LogP contribution in [-0.2, 0) is 4.79 Å². The molecule has 0 radical (unpaired) electrons. The van der Waals surface area contributed by atoms with Crippen LogP contribution >= 0.6 is 34.5 Å². The fourth-order valence-electron chi connectivity index (χ4n) is 1.37. The summed E-state index contributed by atoms with van der Waals surface area (Å²) in [5.74, 6) is -0.857. The highest BCUT2D eigenvalue weighted by molar-refractivity contribution is 7.20. The Labute approximate surface area is 117 Å². The summed E-state index contributed by atoms with van der Waals surface area (Å²) in [6, 6.07) is 1.44. The third-order valence-corrected chi connectivity index (χ3v) is 3.71. The zero-order chi connectivity index (χ0) is 13.3.